The van der Waals surface area contributed by atoms with E-state index in [1.807, 2.05) is 0 Å². The van der Waals surface area contributed by atoms with Crippen LogP contribution in [0.25, 0.3) is 0 Å². The zero-order chi connectivity index (χ0) is 12.8. The van der Waals surface area contributed by atoms with Crippen molar-refractivity contribution in [1.29, 1.82) is 0 Å². The molecule has 0 rings (SSSR count). The molecule has 0 fully saturated rings. The van der Waals surface area contributed by atoms with Gasteiger partial charge < -0.3 is 4.43 Å². The Bertz CT molecular complexity index is 135. The smallest absolute Gasteiger partial charge is 0.211 e. The van der Waals surface area contributed by atoms with Gasteiger partial charge in [-0.3, -0.25) is 0 Å². The minimum Gasteiger partial charge on any atom is -0.417 e. The number of halogens is 2. The van der Waals surface area contributed by atoms with Gasteiger partial charge in [-0.2, -0.15) is 0 Å². The van der Waals surface area contributed by atoms with Gasteiger partial charge in [0.2, 0.25) is 9.04 Å². The Labute approximate surface area is 119 Å². The highest BCUT2D eigenvalue weighted by Gasteiger charge is 2.12. The third-order valence-corrected chi connectivity index (χ3v) is 5.66. The minimum atomic E-state index is -0.554. The van der Waals surface area contributed by atoms with Gasteiger partial charge in [-0.1, -0.05) is 32.6 Å². The van der Waals surface area contributed by atoms with Crippen molar-refractivity contribution in [2.24, 2.45) is 0 Å². The summed E-state index contributed by atoms with van der Waals surface area (Å²) in [4.78, 5) is 0. The highest BCUT2D eigenvalue weighted by atomic mass is 35.5. The molecule has 103 valence electrons. The molecule has 0 spiro atoms. The maximum Gasteiger partial charge on any atom is 0.211 e. The van der Waals surface area contributed by atoms with E-state index in [0.29, 0.717) is 0 Å². The second kappa shape index (κ2) is 14.8. The second-order valence-electron chi connectivity index (χ2n) is 4.39. The van der Waals surface area contributed by atoms with Crippen LogP contribution in [-0.4, -0.2) is 27.4 Å². The summed E-state index contributed by atoms with van der Waals surface area (Å²) in [6.07, 6.45) is 8.54. The molecule has 0 atom stereocenters. The van der Waals surface area contributed by atoms with Crippen molar-refractivity contribution in [3.05, 3.63) is 0 Å². The summed E-state index contributed by atoms with van der Waals surface area (Å²) in [5.74, 6) is 1.60. The van der Waals surface area contributed by atoms with Crippen molar-refractivity contribution < 1.29 is 4.43 Å². The predicted octanol–water partition coefficient (Wildman–Crippen LogP) is 5.22. The Morgan fingerprint density at radius 1 is 0.824 bits per heavy atom. The lowest BCUT2D eigenvalue weighted by Gasteiger charge is -2.14. The SMILES string of the molecule is CCCO[Si](CCCCCCl)CCCCCCl. The van der Waals surface area contributed by atoms with Crippen molar-refractivity contribution in [2.75, 3.05) is 18.4 Å². The van der Waals surface area contributed by atoms with E-state index in [9.17, 15) is 0 Å². The Morgan fingerprint density at radius 2 is 1.35 bits per heavy atom. The predicted molar refractivity (Wildman–Crippen MR) is 80.8 cm³/mol. The standard InChI is InChI=1S/C13H27Cl2OSi/c1-2-11-16-17(12-7-3-5-9-14)13-8-4-6-10-15/h2-13H2,1H3. The van der Waals surface area contributed by atoms with E-state index >= 15 is 0 Å². The van der Waals surface area contributed by atoms with Crippen molar-refractivity contribution in [2.45, 2.75) is 64.0 Å². The molecule has 0 aromatic carbocycles. The Balaban J connectivity index is 3.56. The summed E-state index contributed by atoms with van der Waals surface area (Å²) in [7, 11) is -0.554. The molecule has 0 amide bonds. The van der Waals surface area contributed by atoms with Crippen LogP contribution in [0.4, 0.5) is 0 Å². The van der Waals surface area contributed by atoms with E-state index in [1.165, 1.54) is 37.8 Å². The fourth-order valence-corrected chi connectivity index (χ4v) is 4.40. The van der Waals surface area contributed by atoms with E-state index in [2.05, 4.69) is 6.92 Å². The average molecular weight is 298 g/mol. The van der Waals surface area contributed by atoms with Crippen molar-refractivity contribution in [3.8, 4) is 0 Å². The van der Waals surface area contributed by atoms with Gasteiger partial charge in [-0.15, -0.1) is 23.2 Å². The van der Waals surface area contributed by atoms with Crippen molar-refractivity contribution in [3.63, 3.8) is 0 Å². The summed E-state index contributed by atoms with van der Waals surface area (Å²) < 4.78 is 5.99. The van der Waals surface area contributed by atoms with Crippen LogP contribution < -0.4 is 0 Å². The summed E-state index contributed by atoms with van der Waals surface area (Å²) in [6, 6.07) is 2.59. The van der Waals surface area contributed by atoms with Crippen molar-refractivity contribution in [1.82, 2.24) is 0 Å². The van der Waals surface area contributed by atoms with Crippen LogP contribution in [0, 0.1) is 0 Å². The first-order valence-electron chi connectivity index (χ1n) is 6.94. The molecule has 4 heteroatoms. The third kappa shape index (κ3) is 13.0. The molecule has 0 aliphatic heterocycles. The third-order valence-electron chi connectivity index (χ3n) is 2.69. The minimum absolute atomic E-state index is 0.554. The van der Waals surface area contributed by atoms with Gasteiger partial charge in [0, 0.05) is 18.4 Å². The average Bonchev–Trinajstić information content (AvgIpc) is 2.35. The maximum atomic E-state index is 5.99. The van der Waals surface area contributed by atoms with Crippen LogP contribution in [0.2, 0.25) is 12.1 Å². The van der Waals surface area contributed by atoms with Crippen LogP contribution in [0.15, 0.2) is 0 Å². The highest BCUT2D eigenvalue weighted by Crippen LogP contribution is 2.14. The first kappa shape index (κ1) is 17.8. The van der Waals surface area contributed by atoms with Gasteiger partial charge >= 0.3 is 0 Å². The van der Waals surface area contributed by atoms with E-state index in [-0.39, 0.29) is 0 Å². The second-order valence-corrected chi connectivity index (χ2v) is 7.51. The summed E-state index contributed by atoms with van der Waals surface area (Å²) in [6.45, 7) is 3.12. The molecule has 1 nitrogen and oxygen atoms in total. The molecule has 0 bridgehead atoms. The molecule has 0 saturated carbocycles. The number of alkyl halides is 2. The first-order valence-corrected chi connectivity index (χ1v) is 9.83. The fourth-order valence-electron chi connectivity index (χ4n) is 1.70. The lowest BCUT2D eigenvalue weighted by Crippen LogP contribution is -2.18. The maximum absolute atomic E-state index is 5.99. The van der Waals surface area contributed by atoms with Crippen LogP contribution in [0.1, 0.15) is 51.9 Å². The number of unbranched alkanes of at least 4 members (excludes halogenated alkanes) is 4. The normalized spacial score (nSPS) is 11.3. The highest BCUT2D eigenvalue weighted by molar-refractivity contribution is 6.51. The summed E-state index contributed by atoms with van der Waals surface area (Å²) in [5.41, 5.74) is 0. The van der Waals surface area contributed by atoms with Gasteiger partial charge in [0.1, 0.15) is 0 Å². The van der Waals surface area contributed by atoms with E-state index < -0.39 is 9.04 Å². The molecule has 1 radical (unpaired) electrons. The molecule has 0 aliphatic rings. The zero-order valence-electron chi connectivity index (χ0n) is 11.1. The van der Waals surface area contributed by atoms with Gasteiger partial charge in [0.05, 0.1) is 0 Å². The molecule has 0 saturated heterocycles. The summed E-state index contributed by atoms with van der Waals surface area (Å²) >= 11 is 11.4. The molecule has 17 heavy (non-hydrogen) atoms. The lowest BCUT2D eigenvalue weighted by molar-refractivity contribution is 0.315. The first-order chi connectivity index (χ1) is 8.35. The van der Waals surface area contributed by atoms with Crippen LogP contribution in [-0.2, 0) is 4.43 Å². The molecule has 0 aromatic rings. The molecule has 0 N–H and O–H groups in total. The van der Waals surface area contributed by atoms with E-state index in [0.717, 1.165) is 37.6 Å². The van der Waals surface area contributed by atoms with Crippen molar-refractivity contribution >= 4 is 32.2 Å². The number of hydrogen-bond acceptors (Lipinski definition) is 1. The Hall–Kier alpha value is 0.757. The van der Waals surface area contributed by atoms with Crippen LogP contribution >= 0.6 is 23.2 Å². The van der Waals surface area contributed by atoms with Gasteiger partial charge in [-0.05, 0) is 31.4 Å². The van der Waals surface area contributed by atoms with Crippen LogP contribution in [0.3, 0.4) is 0 Å². The number of rotatable bonds is 13. The van der Waals surface area contributed by atoms with E-state index in [1.54, 1.807) is 0 Å². The molecule has 0 heterocycles. The quantitative estimate of drug-likeness (QED) is 0.257. The van der Waals surface area contributed by atoms with Gasteiger partial charge in [0.15, 0.2) is 0 Å². The lowest BCUT2D eigenvalue weighted by atomic mass is 10.3. The van der Waals surface area contributed by atoms with E-state index in [4.69, 9.17) is 27.6 Å². The zero-order valence-corrected chi connectivity index (χ0v) is 13.7. The monoisotopic (exact) mass is 297 g/mol. The molecule has 0 unspecified atom stereocenters. The molecule has 0 aliphatic carbocycles. The number of hydrogen-bond donors (Lipinski definition) is 0. The molecular formula is C13H27Cl2OSi. The molecular weight excluding hydrogens is 271 g/mol. The molecule has 0 aromatic heterocycles. The van der Waals surface area contributed by atoms with Crippen LogP contribution in [0.5, 0.6) is 0 Å². The van der Waals surface area contributed by atoms with Gasteiger partial charge in [0.25, 0.3) is 0 Å². The topological polar surface area (TPSA) is 9.23 Å². The fraction of sp³-hybridized carbons (Fsp3) is 1.00. The summed E-state index contributed by atoms with van der Waals surface area (Å²) in [5, 5.41) is 0. The largest absolute Gasteiger partial charge is 0.417 e. The Kier molecular flexibility index (Phi) is 15.5. The van der Waals surface area contributed by atoms with Gasteiger partial charge in [-0.25, -0.2) is 0 Å². The Morgan fingerprint density at radius 3 is 1.76 bits per heavy atom.